The molecule has 0 aliphatic rings. The van der Waals surface area contributed by atoms with Crippen LogP contribution in [0.1, 0.15) is 6.42 Å². The molecule has 18 heavy (non-hydrogen) atoms. The van der Waals surface area contributed by atoms with Gasteiger partial charge in [-0.25, -0.2) is 9.59 Å². The fraction of sp³-hybridized carbons (Fsp3) is 0.333. The minimum atomic E-state index is -1.42. The summed E-state index contributed by atoms with van der Waals surface area (Å²) in [5, 5.41) is 15.8. The standard InChI is InChI=1S/C6H10O3.C3H4O2.Na.HO2P/c1-2-6(8)9-5-3-4-7;1-2-3(4)5;;1-3-2/h2,7H,1,3-5H2;2H,1H2,(H,4,5);;3H/q;;+1;. The first kappa shape index (κ1) is 26.1. The van der Waals surface area contributed by atoms with E-state index in [-0.39, 0.29) is 42.8 Å². The van der Waals surface area contributed by atoms with Crippen molar-refractivity contribution in [3.05, 3.63) is 25.3 Å². The average Bonchev–Trinajstić information content (AvgIpc) is 2.31. The molecule has 0 spiro atoms. The fourth-order valence-electron chi connectivity index (χ4n) is 0.296. The van der Waals surface area contributed by atoms with Gasteiger partial charge in [-0.3, -0.25) is 0 Å². The number of hydrogen-bond donors (Lipinski definition) is 2. The first-order valence-electron chi connectivity index (χ1n) is 4.24. The van der Waals surface area contributed by atoms with Gasteiger partial charge in [-0.2, -0.15) is 0 Å². The Morgan fingerprint density at radius 2 is 1.72 bits per heavy atom. The Balaban J connectivity index is -0.0000000931. The summed E-state index contributed by atoms with van der Waals surface area (Å²) in [5.41, 5.74) is 0. The zero-order valence-electron chi connectivity index (χ0n) is 10.1. The van der Waals surface area contributed by atoms with E-state index >= 15 is 0 Å². The molecule has 0 aliphatic heterocycles. The zero-order valence-corrected chi connectivity index (χ0v) is 13.1. The molecule has 0 heterocycles. The van der Waals surface area contributed by atoms with Crippen molar-refractivity contribution in [3.8, 4) is 0 Å². The summed E-state index contributed by atoms with van der Waals surface area (Å²) in [7, 11) is -1.42. The number of carboxylic acid groups (broad SMARTS) is 1. The van der Waals surface area contributed by atoms with Gasteiger partial charge in [0, 0.05) is 25.2 Å². The Morgan fingerprint density at radius 1 is 1.33 bits per heavy atom. The molecule has 0 saturated carbocycles. The van der Waals surface area contributed by atoms with E-state index in [1.165, 1.54) is 0 Å². The van der Waals surface area contributed by atoms with Crippen LogP contribution in [0.3, 0.4) is 0 Å². The van der Waals surface area contributed by atoms with Crippen LogP contribution in [-0.4, -0.2) is 35.4 Å². The number of rotatable bonds is 5. The molecule has 1 atom stereocenters. The van der Waals surface area contributed by atoms with E-state index in [9.17, 15) is 9.59 Å². The maximum Gasteiger partial charge on any atom is 1.00 e. The van der Waals surface area contributed by atoms with E-state index in [0.29, 0.717) is 6.42 Å². The molecule has 0 bridgehead atoms. The van der Waals surface area contributed by atoms with Crippen molar-refractivity contribution in [2.24, 2.45) is 0 Å². The van der Waals surface area contributed by atoms with Gasteiger partial charge in [-0.05, 0) is 0 Å². The van der Waals surface area contributed by atoms with Gasteiger partial charge in [0.1, 0.15) is 0 Å². The van der Waals surface area contributed by atoms with Crippen LogP contribution in [0.2, 0.25) is 0 Å². The van der Waals surface area contributed by atoms with Gasteiger partial charge in [-0.15, -0.1) is 0 Å². The van der Waals surface area contributed by atoms with E-state index in [4.69, 9.17) is 19.7 Å². The van der Waals surface area contributed by atoms with Crippen LogP contribution in [0.4, 0.5) is 0 Å². The number of esters is 1. The maximum absolute atomic E-state index is 10.3. The van der Waals surface area contributed by atoms with Crippen LogP contribution in [-0.2, 0) is 18.9 Å². The molecule has 0 radical (unpaired) electrons. The Bertz CT molecular complexity index is 245. The summed E-state index contributed by atoms with van der Waals surface area (Å²) >= 11 is 0. The number of aliphatic hydroxyl groups excluding tert-OH is 1. The van der Waals surface area contributed by atoms with Crippen molar-refractivity contribution in [2.75, 3.05) is 13.2 Å². The average molecular weight is 289 g/mol. The summed E-state index contributed by atoms with van der Waals surface area (Å²) in [6.45, 7) is 6.47. The summed E-state index contributed by atoms with van der Waals surface area (Å²) in [6, 6.07) is 0. The number of carboxylic acids is 1. The molecule has 7 nitrogen and oxygen atoms in total. The third kappa shape index (κ3) is 45.2. The fourth-order valence-corrected chi connectivity index (χ4v) is 0.296. The largest absolute Gasteiger partial charge is 1.00 e. The second-order valence-corrected chi connectivity index (χ2v) is 2.24. The summed E-state index contributed by atoms with van der Waals surface area (Å²) in [5.74, 6) is -1.42. The number of aliphatic carboxylic acids is 1. The molecule has 0 aromatic carbocycles. The van der Waals surface area contributed by atoms with Crippen LogP contribution in [0.5, 0.6) is 0 Å². The van der Waals surface area contributed by atoms with Crippen LogP contribution in [0.25, 0.3) is 0 Å². The molecule has 0 aliphatic carbocycles. The van der Waals surface area contributed by atoms with E-state index in [2.05, 4.69) is 17.9 Å². The maximum atomic E-state index is 10.3. The third-order valence-corrected chi connectivity index (χ3v) is 0.888. The van der Waals surface area contributed by atoms with Crippen LogP contribution in [0.15, 0.2) is 25.3 Å². The Kier molecular flexibility index (Phi) is 36.7. The van der Waals surface area contributed by atoms with Crippen molar-refractivity contribution in [2.45, 2.75) is 6.42 Å². The molecule has 0 amide bonds. The Hall–Kier alpha value is -0.560. The molecule has 9 heteroatoms. The molecule has 0 aromatic heterocycles. The smallest absolute Gasteiger partial charge is 0.597 e. The van der Waals surface area contributed by atoms with Crippen molar-refractivity contribution in [1.29, 1.82) is 0 Å². The van der Waals surface area contributed by atoms with Crippen LogP contribution < -0.4 is 34.5 Å². The van der Waals surface area contributed by atoms with E-state index < -0.39 is 20.6 Å². The minimum absolute atomic E-state index is 0. The normalized spacial score (nSPS) is 7.22. The first-order valence-corrected chi connectivity index (χ1v) is 5.06. The van der Waals surface area contributed by atoms with Crippen molar-refractivity contribution in [3.63, 3.8) is 0 Å². The molecule has 1 unspecified atom stereocenters. The number of ether oxygens (including phenoxy) is 1. The number of aliphatic hydroxyl groups is 1. The van der Waals surface area contributed by atoms with E-state index in [1.807, 2.05) is 0 Å². The minimum Gasteiger partial charge on any atom is -0.597 e. The second-order valence-electron chi connectivity index (χ2n) is 2.07. The number of hydrogen-bond acceptors (Lipinski definition) is 6. The first-order chi connectivity index (χ1) is 7.99. The van der Waals surface area contributed by atoms with Gasteiger partial charge in [0.2, 0.25) is 0 Å². The molecular weight excluding hydrogens is 274 g/mol. The second kappa shape index (κ2) is 25.3. The molecule has 98 valence electrons. The number of carbonyl (C=O) groups is 2. The quantitative estimate of drug-likeness (QED) is 0.178. The van der Waals surface area contributed by atoms with Gasteiger partial charge in [0.15, 0.2) is 0 Å². The van der Waals surface area contributed by atoms with Gasteiger partial charge >= 0.3 is 41.5 Å². The molecule has 2 N–H and O–H groups in total. The number of carbonyl (C=O) groups excluding carboxylic acids is 1. The molecule has 0 saturated heterocycles. The SMILES string of the molecule is C=CC(=O)O.C=CC(=O)OCCCO.O=[PH+][O-].[Na+]. The molecule has 0 fully saturated rings. The Labute approximate surface area is 129 Å². The summed E-state index contributed by atoms with van der Waals surface area (Å²) in [6.07, 6.45) is 2.41. The molecule has 0 aromatic rings. The van der Waals surface area contributed by atoms with Gasteiger partial charge < -0.3 is 19.8 Å². The predicted octanol–water partition coefficient (Wildman–Crippen LogP) is -3.36. The van der Waals surface area contributed by atoms with Crippen LogP contribution in [0, 0.1) is 0 Å². The van der Waals surface area contributed by atoms with E-state index in [1.54, 1.807) is 0 Å². The van der Waals surface area contributed by atoms with Crippen LogP contribution >= 0.6 is 8.69 Å². The summed E-state index contributed by atoms with van der Waals surface area (Å²) in [4.78, 5) is 27.9. The van der Waals surface area contributed by atoms with Crippen molar-refractivity contribution < 1.29 is 63.6 Å². The monoisotopic (exact) mass is 289 g/mol. The van der Waals surface area contributed by atoms with E-state index in [0.717, 1.165) is 12.2 Å². The molecule has 0 rings (SSSR count). The third-order valence-electron chi connectivity index (χ3n) is 0.888. The van der Waals surface area contributed by atoms with Crippen molar-refractivity contribution >= 4 is 20.6 Å². The van der Waals surface area contributed by atoms with Gasteiger partial charge in [0.25, 0.3) is 8.69 Å². The Morgan fingerprint density at radius 3 is 1.94 bits per heavy atom. The van der Waals surface area contributed by atoms with Crippen molar-refractivity contribution in [1.82, 2.24) is 0 Å². The summed E-state index contributed by atoms with van der Waals surface area (Å²) < 4.78 is 12.9. The van der Waals surface area contributed by atoms with Gasteiger partial charge in [-0.1, -0.05) is 17.7 Å². The van der Waals surface area contributed by atoms with Gasteiger partial charge in [0.05, 0.1) is 6.61 Å². The predicted molar refractivity (Wildman–Crippen MR) is 59.7 cm³/mol. The topological polar surface area (TPSA) is 124 Å². The molecular formula is C9H15NaO7P+. The zero-order chi connectivity index (χ0) is 14.1.